The highest BCUT2D eigenvalue weighted by molar-refractivity contribution is 7.92. The zero-order valence-electron chi connectivity index (χ0n) is 10.7. The summed E-state index contributed by atoms with van der Waals surface area (Å²) < 4.78 is 31.7. The lowest BCUT2D eigenvalue weighted by Gasteiger charge is -2.10. The number of halogens is 1. The second-order valence-electron chi connectivity index (χ2n) is 3.88. The van der Waals surface area contributed by atoms with Crippen molar-refractivity contribution in [3.63, 3.8) is 0 Å². The van der Waals surface area contributed by atoms with Crippen LogP contribution in [0.25, 0.3) is 0 Å². The molecule has 0 bridgehead atoms. The van der Waals surface area contributed by atoms with Gasteiger partial charge >= 0.3 is 0 Å². The maximum atomic E-state index is 12.1. The molecule has 0 aromatic heterocycles. The maximum absolute atomic E-state index is 12.1. The highest BCUT2D eigenvalue weighted by atomic mass is 35.5. The number of benzene rings is 2. The van der Waals surface area contributed by atoms with Crippen molar-refractivity contribution in [1.82, 2.24) is 0 Å². The number of methoxy groups -OCH3 is 1. The van der Waals surface area contributed by atoms with Gasteiger partial charge in [0.15, 0.2) is 0 Å². The predicted molar refractivity (Wildman–Crippen MR) is 81.9 cm³/mol. The van der Waals surface area contributed by atoms with Crippen LogP contribution in [0.5, 0.6) is 5.75 Å². The third-order valence-corrected chi connectivity index (χ3v) is 3.94. The van der Waals surface area contributed by atoms with E-state index < -0.39 is 10.0 Å². The zero-order chi connectivity index (χ0) is 13.9. The smallest absolute Gasteiger partial charge is 0.261 e. The summed E-state index contributed by atoms with van der Waals surface area (Å²) in [5.74, 6) is 0.424. The van der Waals surface area contributed by atoms with Crippen molar-refractivity contribution in [2.45, 2.75) is 4.90 Å². The lowest BCUT2D eigenvalue weighted by molar-refractivity contribution is 0.417. The van der Waals surface area contributed by atoms with Crippen LogP contribution < -0.4 is 15.2 Å². The van der Waals surface area contributed by atoms with Crippen molar-refractivity contribution in [2.75, 3.05) is 17.6 Å². The number of ether oxygens (including phenoxy) is 1. The molecule has 5 nitrogen and oxygen atoms in total. The first kappa shape index (κ1) is 16.1. The summed E-state index contributed by atoms with van der Waals surface area (Å²) in [4.78, 5) is 0.200. The maximum Gasteiger partial charge on any atom is 0.261 e. The summed E-state index contributed by atoms with van der Waals surface area (Å²) in [6.45, 7) is 0. The molecule has 0 unspecified atom stereocenters. The standard InChI is InChI=1S/C13H14N2O3S.ClH/c1-18-13-9-10(7-8-12(13)14)15-19(16,17)11-5-3-2-4-6-11;/h2-9,15H,14H2,1H3;1H. The first-order valence-electron chi connectivity index (χ1n) is 5.54. The zero-order valence-corrected chi connectivity index (χ0v) is 12.4. The first-order valence-corrected chi connectivity index (χ1v) is 7.02. The minimum atomic E-state index is -3.60. The molecule has 2 aromatic rings. The lowest BCUT2D eigenvalue weighted by Crippen LogP contribution is -2.12. The topological polar surface area (TPSA) is 81.4 Å². The van der Waals surface area contributed by atoms with Crippen LogP contribution in [0.4, 0.5) is 11.4 Å². The van der Waals surface area contributed by atoms with E-state index in [2.05, 4.69) is 4.72 Å². The van der Waals surface area contributed by atoms with Gasteiger partial charge in [0, 0.05) is 6.07 Å². The Morgan fingerprint density at radius 2 is 1.75 bits per heavy atom. The van der Waals surface area contributed by atoms with E-state index >= 15 is 0 Å². The fourth-order valence-corrected chi connectivity index (χ4v) is 2.66. The molecule has 0 saturated carbocycles. The molecule has 0 heterocycles. The van der Waals surface area contributed by atoms with Gasteiger partial charge in [0.1, 0.15) is 5.75 Å². The molecule has 0 aliphatic heterocycles. The fraction of sp³-hybridized carbons (Fsp3) is 0.0769. The number of nitrogens with two attached hydrogens (primary N) is 1. The molecule has 0 spiro atoms. The molecular formula is C13H15ClN2O3S. The number of anilines is 2. The lowest BCUT2D eigenvalue weighted by atomic mass is 10.2. The van der Waals surface area contributed by atoms with Crippen molar-refractivity contribution in [3.05, 3.63) is 48.5 Å². The molecule has 0 fully saturated rings. The van der Waals surface area contributed by atoms with Crippen molar-refractivity contribution in [2.24, 2.45) is 0 Å². The average molecular weight is 315 g/mol. The Labute approximate surface area is 124 Å². The van der Waals surface area contributed by atoms with E-state index in [-0.39, 0.29) is 17.3 Å². The van der Waals surface area contributed by atoms with E-state index in [1.807, 2.05) is 0 Å². The quantitative estimate of drug-likeness (QED) is 0.850. The van der Waals surface area contributed by atoms with E-state index in [9.17, 15) is 8.42 Å². The second kappa shape index (κ2) is 6.49. The van der Waals surface area contributed by atoms with Crippen LogP contribution in [-0.2, 0) is 10.0 Å². The molecule has 0 saturated heterocycles. The monoisotopic (exact) mass is 314 g/mol. The number of hydrogen-bond donors (Lipinski definition) is 2. The van der Waals surface area contributed by atoms with Crippen LogP contribution in [0, 0.1) is 0 Å². The predicted octanol–water partition coefficient (Wildman–Crippen LogP) is 2.50. The van der Waals surface area contributed by atoms with Crippen LogP contribution in [0.1, 0.15) is 0 Å². The molecule has 20 heavy (non-hydrogen) atoms. The molecule has 0 amide bonds. The van der Waals surface area contributed by atoms with E-state index in [0.29, 0.717) is 17.1 Å². The van der Waals surface area contributed by atoms with Crippen LogP contribution in [0.3, 0.4) is 0 Å². The molecule has 0 aliphatic carbocycles. The minimum Gasteiger partial charge on any atom is -0.495 e. The Balaban J connectivity index is 0.00000200. The van der Waals surface area contributed by atoms with E-state index in [4.69, 9.17) is 10.5 Å². The van der Waals surface area contributed by atoms with Gasteiger partial charge in [0.2, 0.25) is 0 Å². The van der Waals surface area contributed by atoms with Crippen molar-refractivity contribution in [3.8, 4) is 5.75 Å². The molecule has 108 valence electrons. The summed E-state index contributed by atoms with van der Waals surface area (Å²) >= 11 is 0. The number of hydrogen-bond acceptors (Lipinski definition) is 4. The summed E-state index contributed by atoms with van der Waals surface area (Å²) in [6, 6.07) is 12.8. The second-order valence-corrected chi connectivity index (χ2v) is 5.56. The fourth-order valence-electron chi connectivity index (χ4n) is 1.59. The summed E-state index contributed by atoms with van der Waals surface area (Å²) in [7, 11) is -2.12. The third kappa shape index (κ3) is 3.55. The molecule has 3 N–H and O–H groups in total. The average Bonchev–Trinajstić information content (AvgIpc) is 2.42. The molecular weight excluding hydrogens is 300 g/mol. The first-order chi connectivity index (χ1) is 9.03. The van der Waals surface area contributed by atoms with Crippen LogP contribution in [-0.4, -0.2) is 15.5 Å². The highest BCUT2D eigenvalue weighted by Gasteiger charge is 2.14. The van der Waals surface area contributed by atoms with Gasteiger partial charge in [-0.2, -0.15) is 0 Å². The Morgan fingerprint density at radius 1 is 1.10 bits per heavy atom. The third-order valence-electron chi connectivity index (χ3n) is 2.54. The van der Waals surface area contributed by atoms with Gasteiger partial charge in [0.05, 0.1) is 23.4 Å². The Hall–Kier alpha value is -1.92. The number of sulfonamides is 1. The SMILES string of the molecule is COc1cc(NS(=O)(=O)c2ccccc2)ccc1N.Cl. The van der Waals surface area contributed by atoms with Crippen LogP contribution >= 0.6 is 12.4 Å². The van der Waals surface area contributed by atoms with Gasteiger partial charge in [-0.1, -0.05) is 18.2 Å². The minimum absolute atomic E-state index is 0. The number of nitrogen functional groups attached to an aromatic ring is 1. The molecule has 0 radical (unpaired) electrons. The normalized spacial score (nSPS) is 10.4. The Kier molecular flexibility index (Phi) is 5.24. The molecule has 2 aromatic carbocycles. The van der Waals surface area contributed by atoms with Gasteiger partial charge < -0.3 is 10.5 Å². The van der Waals surface area contributed by atoms with Crippen molar-refractivity contribution in [1.29, 1.82) is 0 Å². The van der Waals surface area contributed by atoms with Gasteiger partial charge in [-0.3, -0.25) is 4.72 Å². The molecule has 7 heteroatoms. The van der Waals surface area contributed by atoms with Gasteiger partial charge in [-0.05, 0) is 24.3 Å². The summed E-state index contributed by atoms with van der Waals surface area (Å²) in [5.41, 5.74) is 6.52. The van der Waals surface area contributed by atoms with Crippen molar-refractivity contribution < 1.29 is 13.2 Å². The molecule has 2 rings (SSSR count). The van der Waals surface area contributed by atoms with Gasteiger partial charge in [0.25, 0.3) is 10.0 Å². The number of rotatable bonds is 4. The molecule has 0 atom stereocenters. The van der Waals surface area contributed by atoms with Gasteiger partial charge in [-0.25, -0.2) is 8.42 Å². The van der Waals surface area contributed by atoms with Crippen LogP contribution in [0.15, 0.2) is 53.4 Å². The summed E-state index contributed by atoms with van der Waals surface area (Å²) in [5, 5.41) is 0. The van der Waals surface area contributed by atoms with Gasteiger partial charge in [-0.15, -0.1) is 12.4 Å². The highest BCUT2D eigenvalue weighted by Crippen LogP contribution is 2.26. The van der Waals surface area contributed by atoms with E-state index in [1.54, 1.807) is 30.3 Å². The van der Waals surface area contributed by atoms with E-state index in [1.165, 1.54) is 25.3 Å². The largest absolute Gasteiger partial charge is 0.495 e. The summed E-state index contributed by atoms with van der Waals surface area (Å²) in [6.07, 6.45) is 0. The van der Waals surface area contributed by atoms with E-state index in [0.717, 1.165) is 0 Å². The Morgan fingerprint density at radius 3 is 2.35 bits per heavy atom. The molecule has 0 aliphatic rings. The van der Waals surface area contributed by atoms with Crippen molar-refractivity contribution >= 4 is 33.8 Å². The van der Waals surface area contributed by atoms with Crippen LogP contribution in [0.2, 0.25) is 0 Å². The Bertz CT molecular complexity index is 675. The number of nitrogens with one attached hydrogen (secondary N) is 1.